The molecule has 12 heavy (non-hydrogen) atoms. The van der Waals surface area contributed by atoms with Crippen LogP contribution in [0.4, 0.5) is 0 Å². The van der Waals surface area contributed by atoms with Crippen molar-refractivity contribution >= 4 is 5.97 Å². The molecule has 0 aromatic rings. The molecule has 0 aliphatic heterocycles. The van der Waals surface area contributed by atoms with Gasteiger partial charge in [0.2, 0.25) is 0 Å². The Morgan fingerprint density at radius 2 is 1.75 bits per heavy atom. The summed E-state index contributed by atoms with van der Waals surface area (Å²) in [5, 5.41) is 8.47. The maximum atomic E-state index is 10.3. The highest BCUT2D eigenvalue weighted by atomic mass is 16.4. The molecular weight excluding hydrogens is 152 g/mol. The van der Waals surface area contributed by atoms with Crippen molar-refractivity contribution < 1.29 is 9.90 Å². The fourth-order valence-corrected chi connectivity index (χ4v) is 1.64. The second-order valence-corrected chi connectivity index (χ2v) is 3.10. The number of carbonyl (C=O) groups is 1. The first-order valence-electron chi connectivity index (χ1n) is 5.01. The van der Waals surface area contributed by atoms with Crippen molar-refractivity contribution in [2.45, 2.75) is 52.4 Å². The summed E-state index contributed by atoms with van der Waals surface area (Å²) in [7, 11) is 0. The lowest BCUT2D eigenvalue weighted by atomic mass is 9.87. The molecule has 72 valence electrons. The van der Waals surface area contributed by atoms with Crippen LogP contribution < -0.4 is 0 Å². The van der Waals surface area contributed by atoms with E-state index in [4.69, 9.17) is 5.11 Å². The standard InChI is InChI=1S/C8H14O2.C2H6/c9-8(10)6-7-4-2-1-3-5-7;1-2/h7H,1-6H2,(H,9,10);1-2H3. The lowest BCUT2D eigenvalue weighted by Crippen LogP contribution is -2.10. The molecule has 1 N–H and O–H groups in total. The molecular formula is C10H20O2. The molecule has 0 heterocycles. The molecule has 0 atom stereocenters. The van der Waals surface area contributed by atoms with Crippen molar-refractivity contribution in [2.75, 3.05) is 0 Å². The third-order valence-corrected chi connectivity index (χ3v) is 2.19. The monoisotopic (exact) mass is 172 g/mol. The molecule has 1 aliphatic rings. The van der Waals surface area contributed by atoms with E-state index in [-0.39, 0.29) is 0 Å². The Labute approximate surface area is 75.0 Å². The van der Waals surface area contributed by atoms with Gasteiger partial charge >= 0.3 is 5.97 Å². The van der Waals surface area contributed by atoms with E-state index in [1.807, 2.05) is 13.8 Å². The summed E-state index contributed by atoms with van der Waals surface area (Å²) in [5.74, 6) is -0.154. The number of aliphatic carboxylic acids is 1. The summed E-state index contributed by atoms with van der Waals surface area (Å²) in [5.41, 5.74) is 0. The minimum absolute atomic E-state index is 0.389. The van der Waals surface area contributed by atoms with E-state index in [2.05, 4.69) is 0 Å². The molecule has 1 aliphatic carbocycles. The number of carboxylic acid groups (broad SMARTS) is 1. The average Bonchev–Trinajstić information content (AvgIpc) is 2.08. The van der Waals surface area contributed by atoms with Crippen LogP contribution in [0.5, 0.6) is 0 Å². The molecule has 0 aromatic heterocycles. The van der Waals surface area contributed by atoms with Crippen LogP contribution in [0.3, 0.4) is 0 Å². The molecule has 0 aromatic carbocycles. The summed E-state index contributed by atoms with van der Waals surface area (Å²) < 4.78 is 0. The molecule has 0 bridgehead atoms. The van der Waals surface area contributed by atoms with Gasteiger partial charge in [-0.1, -0.05) is 33.1 Å². The lowest BCUT2D eigenvalue weighted by molar-refractivity contribution is -0.138. The van der Waals surface area contributed by atoms with E-state index in [1.165, 1.54) is 19.3 Å². The maximum Gasteiger partial charge on any atom is 0.303 e. The molecule has 0 spiro atoms. The molecule has 0 radical (unpaired) electrons. The molecule has 1 rings (SSSR count). The molecule has 1 saturated carbocycles. The van der Waals surface area contributed by atoms with Gasteiger partial charge in [-0.15, -0.1) is 0 Å². The highest BCUT2D eigenvalue weighted by Crippen LogP contribution is 2.25. The normalized spacial score (nSPS) is 17.8. The van der Waals surface area contributed by atoms with Gasteiger partial charge in [0.1, 0.15) is 0 Å². The van der Waals surface area contributed by atoms with Gasteiger partial charge in [0.15, 0.2) is 0 Å². The van der Waals surface area contributed by atoms with E-state index in [9.17, 15) is 4.79 Å². The van der Waals surface area contributed by atoms with E-state index in [0.29, 0.717) is 12.3 Å². The smallest absolute Gasteiger partial charge is 0.303 e. The van der Waals surface area contributed by atoms with Crippen molar-refractivity contribution in [2.24, 2.45) is 5.92 Å². The molecule has 2 heteroatoms. The minimum Gasteiger partial charge on any atom is -0.481 e. The predicted molar refractivity (Wildman–Crippen MR) is 50.2 cm³/mol. The van der Waals surface area contributed by atoms with Gasteiger partial charge in [-0.05, 0) is 18.8 Å². The zero-order chi connectivity index (χ0) is 9.40. The molecule has 0 unspecified atom stereocenters. The van der Waals surface area contributed by atoms with Crippen LogP contribution in [0.15, 0.2) is 0 Å². The fourth-order valence-electron chi connectivity index (χ4n) is 1.64. The number of hydrogen-bond acceptors (Lipinski definition) is 1. The minimum atomic E-state index is -0.632. The van der Waals surface area contributed by atoms with E-state index >= 15 is 0 Å². The fraction of sp³-hybridized carbons (Fsp3) is 0.900. The van der Waals surface area contributed by atoms with Crippen molar-refractivity contribution in [3.63, 3.8) is 0 Å². The Kier molecular flexibility index (Phi) is 6.82. The Hall–Kier alpha value is -0.530. The van der Waals surface area contributed by atoms with Crippen LogP contribution in [0.25, 0.3) is 0 Å². The molecule has 0 amide bonds. The Morgan fingerprint density at radius 1 is 1.25 bits per heavy atom. The van der Waals surface area contributed by atoms with Crippen LogP contribution in [0.2, 0.25) is 0 Å². The molecule has 2 nitrogen and oxygen atoms in total. The summed E-state index contributed by atoms with van der Waals surface area (Å²) >= 11 is 0. The number of carboxylic acids is 1. The van der Waals surface area contributed by atoms with Crippen LogP contribution in [0.1, 0.15) is 52.4 Å². The SMILES string of the molecule is CC.O=C(O)CC1CCCCC1. The van der Waals surface area contributed by atoms with Crippen molar-refractivity contribution in [3.8, 4) is 0 Å². The number of hydrogen-bond donors (Lipinski definition) is 1. The maximum absolute atomic E-state index is 10.3. The highest BCUT2D eigenvalue weighted by molar-refractivity contribution is 5.66. The molecule has 1 fully saturated rings. The van der Waals surface area contributed by atoms with Gasteiger partial charge in [0, 0.05) is 6.42 Å². The van der Waals surface area contributed by atoms with E-state index in [1.54, 1.807) is 0 Å². The first kappa shape index (κ1) is 11.5. The zero-order valence-electron chi connectivity index (χ0n) is 8.18. The number of rotatable bonds is 2. The molecule has 0 saturated heterocycles. The highest BCUT2D eigenvalue weighted by Gasteiger charge is 2.15. The van der Waals surface area contributed by atoms with Gasteiger partial charge in [-0.3, -0.25) is 4.79 Å². The quantitative estimate of drug-likeness (QED) is 0.695. The van der Waals surface area contributed by atoms with Crippen LogP contribution in [-0.2, 0) is 4.79 Å². The summed E-state index contributed by atoms with van der Waals surface area (Å²) in [6.45, 7) is 4.00. The second-order valence-electron chi connectivity index (χ2n) is 3.10. The topological polar surface area (TPSA) is 37.3 Å². The van der Waals surface area contributed by atoms with Gasteiger partial charge in [0.05, 0.1) is 0 Å². The second kappa shape index (κ2) is 7.14. The third-order valence-electron chi connectivity index (χ3n) is 2.19. The van der Waals surface area contributed by atoms with Crippen LogP contribution in [0, 0.1) is 5.92 Å². The summed E-state index contributed by atoms with van der Waals surface area (Å²) in [6.07, 6.45) is 6.42. The van der Waals surface area contributed by atoms with Gasteiger partial charge < -0.3 is 5.11 Å². The first-order chi connectivity index (χ1) is 5.79. The van der Waals surface area contributed by atoms with Crippen LogP contribution in [-0.4, -0.2) is 11.1 Å². The summed E-state index contributed by atoms with van der Waals surface area (Å²) in [4.78, 5) is 10.3. The zero-order valence-corrected chi connectivity index (χ0v) is 8.18. The van der Waals surface area contributed by atoms with Crippen molar-refractivity contribution in [1.29, 1.82) is 0 Å². The average molecular weight is 172 g/mol. The van der Waals surface area contributed by atoms with E-state index in [0.717, 1.165) is 12.8 Å². The Balaban J connectivity index is 0.000000561. The third kappa shape index (κ3) is 5.16. The van der Waals surface area contributed by atoms with E-state index < -0.39 is 5.97 Å². The first-order valence-corrected chi connectivity index (χ1v) is 5.01. The van der Waals surface area contributed by atoms with Gasteiger partial charge in [-0.2, -0.15) is 0 Å². The Bertz CT molecular complexity index is 115. The largest absolute Gasteiger partial charge is 0.481 e. The Morgan fingerprint density at radius 3 is 2.17 bits per heavy atom. The predicted octanol–water partition coefficient (Wildman–Crippen LogP) is 3.07. The van der Waals surface area contributed by atoms with Crippen molar-refractivity contribution in [3.05, 3.63) is 0 Å². The lowest BCUT2D eigenvalue weighted by Gasteiger charge is -2.18. The summed E-state index contributed by atoms with van der Waals surface area (Å²) in [6, 6.07) is 0. The van der Waals surface area contributed by atoms with Crippen molar-refractivity contribution in [1.82, 2.24) is 0 Å². The van der Waals surface area contributed by atoms with Gasteiger partial charge in [0.25, 0.3) is 0 Å². The van der Waals surface area contributed by atoms with Gasteiger partial charge in [-0.25, -0.2) is 0 Å². The van der Waals surface area contributed by atoms with Crippen LogP contribution >= 0.6 is 0 Å².